The second kappa shape index (κ2) is 7.51. The van der Waals surface area contributed by atoms with Crippen molar-refractivity contribution in [2.45, 2.75) is 37.0 Å². The number of nitrogens with one attached hydrogen (secondary N) is 1. The highest BCUT2D eigenvalue weighted by molar-refractivity contribution is 5.68. The van der Waals surface area contributed by atoms with E-state index in [1.165, 1.54) is 7.11 Å². The van der Waals surface area contributed by atoms with Crippen molar-refractivity contribution in [3.63, 3.8) is 0 Å². The summed E-state index contributed by atoms with van der Waals surface area (Å²) in [7, 11) is 1.53. The van der Waals surface area contributed by atoms with Gasteiger partial charge < -0.3 is 19.7 Å². The minimum absolute atomic E-state index is 0.0724. The number of aromatic hydroxyl groups is 1. The second-order valence-electron chi connectivity index (χ2n) is 7.87. The molecule has 2 fully saturated rings. The highest BCUT2D eigenvalue weighted by atomic mass is 19.3. The molecule has 0 radical (unpaired) electrons. The predicted octanol–water partition coefficient (Wildman–Crippen LogP) is 3.20. The van der Waals surface area contributed by atoms with Crippen molar-refractivity contribution in [2.24, 2.45) is 0 Å². The van der Waals surface area contributed by atoms with Gasteiger partial charge in [0.25, 0.3) is 5.92 Å². The summed E-state index contributed by atoms with van der Waals surface area (Å²) >= 11 is 0. The third-order valence-electron chi connectivity index (χ3n) is 5.91. The standard InChI is InChI=1S/C22H21F2N5O2/c1-31-21-13(7-20-22(23,24)9-17(21)28-20)6-14-10-27-18(11-26-14)16-3-2-15(8-19(16)30)29-5-4-25-12-29/h2-6,8,10-12,17,20-21,28,30H,7,9H2,1H3/b13-6-/t17-,20-,21-/m1/s1. The molecule has 3 atom stereocenters. The number of piperidine rings is 1. The van der Waals surface area contributed by atoms with Crippen LogP contribution in [0.15, 0.2) is 54.9 Å². The highest BCUT2D eigenvalue weighted by Crippen LogP contribution is 2.42. The van der Waals surface area contributed by atoms with E-state index in [0.717, 1.165) is 11.3 Å². The molecule has 160 valence electrons. The Bertz CT molecular complexity index is 1120. The van der Waals surface area contributed by atoms with Gasteiger partial charge in [-0.1, -0.05) is 0 Å². The lowest BCUT2D eigenvalue weighted by molar-refractivity contribution is -0.00999. The fraction of sp³-hybridized carbons (Fsp3) is 0.318. The molecule has 0 spiro atoms. The molecule has 0 unspecified atom stereocenters. The van der Waals surface area contributed by atoms with Gasteiger partial charge in [-0.3, -0.25) is 9.97 Å². The first-order valence-electron chi connectivity index (χ1n) is 9.95. The van der Waals surface area contributed by atoms with E-state index in [1.807, 2.05) is 6.07 Å². The van der Waals surface area contributed by atoms with E-state index in [-0.39, 0.29) is 18.6 Å². The van der Waals surface area contributed by atoms with Gasteiger partial charge in [0.2, 0.25) is 0 Å². The molecule has 5 rings (SSSR count). The summed E-state index contributed by atoms with van der Waals surface area (Å²) in [5.41, 5.74) is 3.17. The number of nitrogens with zero attached hydrogens (tertiary/aromatic N) is 4. The van der Waals surface area contributed by atoms with E-state index in [0.29, 0.717) is 17.0 Å². The Balaban J connectivity index is 1.39. The van der Waals surface area contributed by atoms with Crippen LogP contribution >= 0.6 is 0 Å². The number of alkyl halides is 2. The number of phenols is 1. The monoisotopic (exact) mass is 425 g/mol. The van der Waals surface area contributed by atoms with Crippen LogP contribution in [-0.4, -0.2) is 55.8 Å². The molecule has 9 heteroatoms. The Kier molecular flexibility index (Phi) is 4.79. The molecule has 3 aromatic rings. The normalized spacial score (nSPS) is 25.8. The number of benzene rings is 1. The van der Waals surface area contributed by atoms with Crippen LogP contribution in [0.3, 0.4) is 0 Å². The molecule has 2 N–H and O–H groups in total. The first-order valence-corrected chi connectivity index (χ1v) is 9.95. The van der Waals surface area contributed by atoms with Crippen molar-refractivity contribution in [2.75, 3.05) is 7.11 Å². The first kappa shape index (κ1) is 19.8. The zero-order chi connectivity index (χ0) is 21.6. The van der Waals surface area contributed by atoms with Crippen molar-refractivity contribution in [1.82, 2.24) is 24.8 Å². The molecule has 2 bridgehead atoms. The number of imidazole rings is 1. The number of phenolic OH excluding ortho intramolecular Hbond substituents is 1. The zero-order valence-corrected chi connectivity index (χ0v) is 16.7. The molecule has 2 saturated heterocycles. The largest absolute Gasteiger partial charge is 0.507 e. The molecule has 2 aliphatic rings. The lowest BCUT2D eigenvalue weighted by Crippen LogP contribution is -2.47. The van der Waals surface area contributed by atoms with Gasteiger partial charge in [-0.2, -0.15) is 0 Å². The van der Waals surface area contributed by atoms with Crippen molar-refractivity contribution in [1.29, 1.82) is 0 Å². The molecule has 2 aromatic heterocycles. The van der Waals surface area contributed by atoms with Gasteiger partial charge in [0.15, 0.2) is 0 Å². The summed E-state index contributed by atoms with van der Waals surface area (Å²) < 4.78 is 35.5. The molecule has 2 aliphatic heterocycles. The Morgan fingerprint density at radius 3 is 2.84 bits per heavy atom. The maximum Gasteiger partial charge on any atom is 0.265 e. The summed E-state index contributed by atoms with van der Waals surface area (Å²) in [6.07, 6.45) is 9.53. The summed E-state index contributed by atoms with van der Waals surface area (Å²) in [6, 6.07) is 3.95. The molecule has 1 aromatic carbocycles. The number of rotatable bonds is 4. The van der Waals surface area contributed by atoms with E-state index >= 15 is 0 Å². The number of hydrogen-bond donors (Lipinski definition) is 2. The third-order valence-corrected chi connectivity index (χ3v) is 5.91. The van der Waals surface area contributed by atoms with Gasteiger partial charge in [0.1, 0.15) is 5.75 Å². The number of methoxy groups -OCH3 is 1. The van der Waals surface area contributed by atoms with E-state index in [9.17, 15) is 13.9 Å². The van der Waals surface area contributed by atoms with Crippen LogP contribution < -0.4 is 5.32 Å². The maximum atomic E-state index is 14.1. The summed E-state index contributed by atoms with van der Waals surface area (Å²) in [4.78, 5) is 12.8. The molecule has 7 nitrogen and oxygen atoms in total. The molecular formula is C22H21F2N5O2. The lowest BCUT2D eigenvalue weighted by Gasteiger charge is -2.31. The fourth-order valence-corrected chi connectivity index (χ4v) is 4.40. The molecule has 31 heavy (non-hydrogen) atoms. The summed E-state index contributed by atoms with van der Waals surface area (Å²) in [5, 5.41) is 13.4. The highest BCUT2D eigenvalue weighted by Gasteiger charge is 2.54. The maximum absolute atomic E-state index is 14.1. The number of fused-ring (bicyclic) bond motifs is 2. The quantitative estimate of drug-likeness (QED) is 0.668. The van der Waals surface area contributed by atoms with Crippen LogP contribution in [0.4, 0.5) is 8.78 Å². The number of halogens is 2. The molecule has 0 saturated carbocycles. The first-order chi connectivity index (χ1) is 14.9. The minimum atomic E-state index is -2.74. The number of aromatic nitrogens is 4. The van der Waals surface area contributed by atoms with Crippen LogP contribution in [0.5, 0.6) is 5.75 Å². The van der Waals surface area contributed by atoms with Crippen LogP contribution in [0.1, 0.15) is 18.5 Å². The van der Waals surface area contributed by atoms with Crippen molar-refractivity contribution >= 4 is 6.08 Å². The van der Waals surface area contributed by atoms with Crippen molar-refractivity contribution in [3.05, 3.63) is 60.6 Å². The Morgan fingerprint density at radius 2 is 2.16 bits per heavy atom. The summed E-state index contributed by atoms with van der Waals surface area (Å²) in [5.74, 6) is -2.67. The second-order valence-corrected chi connectivity index (χ2v) is 7.87. The van der Waals surface area contributed by atoms with Crippen LogP contribution in [0.2, 0.25) is 0 Å². The lowest BCUT2D eigenvalue weighted by atomic mass is 9.94. The van der Waals surface area contributed by atoms with Gasteiger partial charge >= 0.3 is 0 Å². The van der Waals surface area contributed by atoms with Crippen molar-refractivity contribution in [3.8, 4) is 22.7 Å². The van der Waals surface area contributed by atoms with Gasteiger partial charge in [-0.25, -0.2) is 13.8 Å². The average molecular weight is 425 g/mol. The number of ether oxygens (including phenoxy) is 1. The van der Waals surface area contributed by atoms with Gasteiger partial charge in [0, 0.05) is 43.6 Å². The summed E-state index contributed by atoms with van der Waals surface area (Å²) in [6.45, 7) is 0. The molecule has 4 heterocycles. The van der Waals surface area contributed by atoms with Gasteiger partial charge in [-0.15, -0.1) is 0 Å². The van der Waals surface area contributed by atoms with Gasteiger partial charge in [0.05, 0.1) is 47.9 Å². The molecule has 0 amide bonds. The van der Waals surface area contributed by atoms with Gasteiger partial charge in [-0.05, 0) is 30.2 Å². The van der Waals surface area contributed by atoms with E-state index < -0.39 is 24.1 Å². The minimum Gasteiger partial charge on any atom is -0.507 e. The van der Waals surface area contributed by atoms with E-state index in [1.54, 1.807) is 53.9 Å². The fourth-order valence-electron chi connectivity index (χ4n) is 4.40. The topological polar surface area (TPSA) is 85.1 Å². The van der Waals surface area contributed by atoms with E-state index in [4.69, 9.17) is 4.74 Å². The zero-order valence-electron chi connectivity index (χ0n) is 16.7. The van der Waals surface area contributed by atoms with Crippen molar-refractivity contribution < 1.29 is 18.6 Å². The Labute approximate surface area is 177 Å². The molecule has 0 aliphatic carbocycles. The Hall–Kier alpha value is -3.17. The third kappa shape index (κ3) is 3.60. The Morgan fingerprint density at radius 1 is 1.29 bits per heavy atom. The number of hydrogen-bond acceptors (Lipinski definition) is 6. The average Bonchev–Trinajstić information content (AvgIpc) is 3.36. The van der Waals surface area contributed by atoms with E-state index in [2.05, 4.69) is 20.3 Å². The predicted molar refractivity (Wildman–Crippen MR) is 110 cm³/mol. The SMILES string of the molecule is CO[C@@H]1/C(=C\c2cnc(-c3ccc(-n4ccnc4)cc3O)cn2)C[C@H]2N[C@@H]1CC2(F)F. The van der Waals surface area contributed by atoms with Crippen LogP contribution in [0.25, 0.3) is 23.0 Å². The van der Waals surface area contributed by atoms with Crippen LogP contribution in [-0.2, 0) is 4.74 Å². The smallest absolute Gasteiger partial charge is 0.265 e. The molecular weight excluding hydrogens is 404 g/mol. The van der Waals surface area contributed by atoms with Crippen LogP contribution in [0, 0.1) is 0 Å².